The van der Waals surface area contributed by atoms with Crippen LogP contribution in [0, 0.1) is 6.92 Å². The highest BCUT2D eigenvalue weighted by Crippen LogP contribution is 2.30. The minimum absolute atomic E-state index is 0.0378. The lowest BCUT2D eigenvalue weighted by atomic mass is 10.0. The molecule has 2 aromatic rings. The number of methoxy groups -OCH3 is 1. The average molecular weight is 382 g/mol. The van der Waals surface area contributed by atoms with E-state index in [1.165, 1.54) is 0 Å². The van der Waals surface area contributed by atoms with Gasteiger partial charge in [0.2, 0.25) is 5.91 Å². The van der Waals surface area contributed by atoms with Gasteiger partial charge in [-0.2, -0.15) is 0 Å². The van der Waals surface area contributed by atoms with Gasteiger partial charge in [0.25, 0.3) is 0 Å². The number of carbonyl (C=O) groups is 2. The largest absolute Gasteiger partial charge is 0.495 e. The smallest absolute Gasteiger partial charge is 0.224 e. The van der Waals surface area contributed by atoms with E-state index in [0.717, 1.165) is 24.3 Å². The Labute approximate surface area is 165 Å². The second kappa shape index (κ2) is 9.37. The predicted octanol–water partition coefficient (Wildman–Crippen LogP) is 3.44. The quantitative estimate of drug-likeness (QED) is 0.743. The van der Waals surface area contributed by atoms with Crippen LogP contribution in [0.1, 0.15) is 28.8 Å². The topological polar surface area (TPSA) is 67.9 Å². The van der Waals surface area contributed by atoms with Crippen molar-refractivity contribution >= 4 is 23.1 Å². The Hall–Kier alpha value is -2.86. The molecule has 1 amide bonds. The van der Waals surface area contributed by atoms with Gasteiger partial charge >= 0.3 is 0 Å². The molecule has 1 aliphatic rings. The van der Waals surface area contributed by atoms with Crippen LogP contribution in [-0.2, 0) is 9.53 Å². The molecule has 0 bridgehead atoms. The zero-order valence-corrected chi connectivity index (χ0v) is 16.4. The lowest BCUT2D eigenvalue weighted by molar-refractivity contribution is -0.116. The van der Waals surface area contributed by atoms with Crippen LogP contribution in [0.25, 0.3) is 0 Å². The van der Waals surface area contributed by atoms with Gasteiger partial charge in [-0.3, -0.25) is 9.59 Å². The third-order valence-corrected chi connectivity index (χ3v) is 4.79. The highest BCUT2D eigenvalue weighted by molar-refractivity contribution is 6.00. The van der Waals surface area contributed by atoms with Gasteiger partial charge in [-0.1, -0.05) is 29.8 Å². The first-order chi connectivity index (χ1) is 13.6. The maximum atomic E-state index is 12.4. The molecule has 3 rings (SSSR count). The summed E-state index contributed by atoms with van der Waals surface area (Å²) >= 11 is 0. The number of Topliss-reactive ketones (excluding diaryl/α,β-unsaturated/α-hetero) is 1. The van der Waals surface area contributed by atoms with E-state index in [4.69, 9.17) is 9.47 Å². The van der Waals surface area contributed by atoms with Crippen molar-refractivity contribution in [2.45, 2.75) is 19.8 Å². The fraction of sp³-hybridized carbons (Fsp3) is 0.364. The number of nitrogens with zero attached hydrogens (tertiary/aromatic N) is 1. The molecular weight excluding hydrogens is 356 g/mol. The molecule has 1 fully saturated rings. The molecule has 0 radical (unpaired) electrons. The summed E-state index contributed by atoms with van der Waals surface area (Å²) in [5.41, 5.74) is 3.35. The number of amides is 1. The molecule has 1 aliphatic heterocycles. The Kier molecular flexibility index (Phi) is 6.66. The molecule has 2 aromatic carbocycles. The number of ether oxygens (including phenoxy) is 2. The first kappa shape index (κ1) is 19.9. The minimum atomic E-state index is -0.210. The third kappa shape index (κ3) is 5.10. The number of hydrogen-bond acceptors (Lipinski definition) is 5. The van der Waals surface area contributed by atoms with Crippen molar-refractivity contribution in [1.82, 2.24) is 0 Å². The summed E-state index contributed by atoms with van der Waals surface area (Å²) in [5.74, 6) is 0.345. The Bertz CT molecular complexity index is 827. The van der Waals surface area contributed by atoms with Crippen LogP contribution in [0.5, 0.6) is 5.75 Å². The molecule has 0 aliphatic carbocycles. The highest BCUT2D eigenvalue weighted by atomic mass is 16.5. The van der Waals surface area contributed by atoms with Crippen molar-refractivity contribution in [2.75, 3.05) is 43.6 Å². The normalized spacial score (nSPS) is 13.9. The lowest BCUT2D eigenvalue weighted by Gasteiger charge is -2.29. The molecule has 0 unspecified atom stereocenters. The molecule has 148 valence electrons. The van der Waals surface area contributed by atoms with Crippen molar-refractivity contribution in [3.05, 3.63) is 53.6 Å². The molecule has 1 N–H and O–H groups in total. The summed E-state index contributed by atoms with van der Waals surface area (Å²) in [6.07, 6.45) is 0.290. The fourth-order valence-electron chi connectivity index (χ4n) is 3.14. The number of morpholine rings is 1. The van der Waals surface area contributed by atoms with Crippen LogP contribution in [-0.4, -0.2) is 45.1 Å². The molecule has 1 heterocycles. The predicted molar refractivity (Wildman–Crippen MR) is 109 cm³/mol. The molecule has 0 saturated carbocycles. The lowest BCUT2D eigenvalue weighted by Crippen LogP contribution is -2.36. The van der Waals surface area contributed by atoms with Gasteiger partial charge in [0.1, 0.15) is 5.75 Å². The molecule has 28 heavy (non-hydrogen) atoms. The molecular formula is C22H26N2O4. The van der Waals surface area contributed by atoms with Crippen LogP contribution in [0.2, 0.25) is 0 Å². The highest BCUT2D eigenvalue weighted by Gasteiger charge is 2.15. The van der Waals surface area contributed by atoms with Crippen LogP contribution in [0.4, 0.5) is 11.4 Å². The van der Waals surface area contributed by atoms with Gasteiger partial charge < -0.3 is 19.7 Å². The fourth-order valence-corrected chi connectivity index (χ4v) is 3.14. The van der Waals surface area contributed by atoms with E-state index < -0.39 is 0 Å². The number of benzene rings is 2. The first-order valence-electron chi connectivity index (χ1n) is 9.47. The van der Waals surface area contributed by atoms with Crippen molar-refractivity contribution in [1.29, 1.82) is 0 Å². The second-order valence-corrected chi connectivity index (χ2v) is 6.82. The number of carbonyl (C=O) groups excluding carboxylic acids is 2. The van der Waals surface area contributed by atoms with Crippen LogP contribution in [0.3, 0.4) is 0 Å². The van der Waals surface area contributed by atoms with Crippen molar-refractivity contribution in [3.63, 3.8) is 0 Å². The summed E-state index contributed by atoms with van der Waals surface area (Å²) in [5, 5.41) is 2.88. The zero-order chi connectivity index (χ0) is 19.9. The van der Waals surface area contributed by atoms with E-state index >= 15 is 0 Å². The van der Waals surface area contributed by atoms with Crippen LogP contribution >= 0.6 is 0 Å². The summed E-state index contributed by atoms with van der Waals surface area (Å²) in [6.45, 7) is 4.97. The van der Waals surface area contributed by atoms with E-state index in [0.29, 0.717) is 30.2 Å². The molecule has 0 spiro atoms. The third-order valence-electron chi connectivity index (χ3n) is 4.79. The maximum Gasteiger partial charge on any atom is 0.224 e. The van der Waals surface area contributed by atoms with Gasteiger partial charge in [0.15, 0.2) is 5.78 Å². The number of hydrogen-bond donors (Lipinski definition) is 1. The SMILES string of the molecule is COc1ccc(N2CCOCC2)cc1NC(=O)CCC(=O)c1ccc(C)cc1. The number of nitrogens with one attached hydrogen (secondary N) is 1. The number of rotatable bonds is 7. The summed E-state index contributed by atoms with van der Waals surface area (Å²) < 4.78 is 10.8. The van der Waals surface area contributed by atoms with Crippen LogP contribution < -0.4 is 15.0 Å². The van der Waals surface area contributed by atoms with Crippen molar-refractivity contribution in [3.8, 4) is 5.75 Å². The number of anilines is 2. The van der Waals surface area contributed by atoms with Gasteiger partial charge in [0.05, 0.1) is 26.0 Å². The van der Waals surface area contributed by atoms with Gasteiger partial charge in [0, 0.05) is 37.2 Å². The Morgan fingerprint density at radius 3 is 2.46 bits per heavy atom. The Balaban J connectivity index is 1.62. The van der Waals surface area contributed by atoms with E-state index in [9.17, 15) is 9.59 Å². The number of ketones is 1. The standard InChI is InChI=1S/C22H26N2O4/c1-16-3-5-17(6-4-16)20(25)8-10-22(26)23-19-15-18(7-9-21(19)27-2)24-11-13-28-14-12-24/h3-7,9,15H,8,10-14H2,1-2H3,(H,23,26). The summed E-state index contributed by atoms with van der Waals surface area (Å²) in [7, 11) is 1.57. The monoisotopic (exact) mass is 382 g/mol. The molecule has 6 heteroatoms. The Morgan fingerprint density at radius 2 is 1.79 bits per heavy atom. The minimum Gasteiger partial charge on any atom is -0.495 e. The van der Waals surface area contributed by atoms with Crippen molar-refractivity contribution in [2.24, 2.45) is 0 Å². The molecule has 1 saturated heterocycles. The zero-order valence-electron chi connectivity index (χ0n) is 16.4. The van der Waals surface area contributed by atoms with E-state index in [2.05, 4.69) is 10.2 Å². The van der Waals surface area contributed by atoms with E-state index in [-0.39, 0.29) is 24.5 Å². The Morgan fingerprint density at radius 1 is 1.07 bits per heavy atom. The summed E-state index contributed by atoms with van der Waals surface area (Å²) in [4.78, 5) is 26.9. The van der Waals surface area contributed by atoms with Gasteiger partial charge in [-0.25, -0.2) is 0 Å². The molecule has 0 atom stereocenters. The van der Waals surface area contributed by atoms with Gasteiger partial charge in [-0.15, -0.1) is 0 Å². The van der Waals surface area contributed by atoms with Crippen molar-refractivity contribution < 1.29 is 19.1 Å². The maximum absolute atomic E-state index is 12.4. The first-order valence-corrected chi connectivity index (χ1v) is 9.47. The van der Waals surface area contributed by atoms with E-state index in [1.54, 1.807) is 19.2 Å². The van der Waals surface area contributed by atoms with E-state index in [1.807, 2.05) is 37.3 Å². The average Bonchev–Trinajstić information content (AvgIpc) is 2.73. The molecule has 6 nitrogen and oxygen atoms in total. The molecule has 0 aromatic heterocycles. The number of aryl methyl sites for hydroxylation is 1. The van der Waals surface area contributed by atoms with Gasteiger partial charge in [-0.05, 0) is 25.1 Å². The second-order valence-electron chi connectivity index (χ2n) is 6.82. The van der Waals surface area contributed by atoms with Crippen LogP contribution in [0.15, 0.2) is 42.5 Å². The summed E-state index contributed by atoms with van der Waals surface area (Å²) in [6, 6.07) is 13.1.